The number of nitrogens with one attached hydrogen (secondary N) is 2. The largest absolute Gasteiger partial charge is 0.337 e. The highest BCUT2D eigenvalue weighted by atomic mass is 16.2. The van der Waals surface area contributed by atoms with Gasteiger partial charge < -0.3 is 20.4 Å². The first-order valence-corrected chi connectivity index (χ1v) is 9.01. The van der Waals surface area contributed by atoms with E-state index < -0.39 is 0 Å². The van der Waals surface area contributed by atoms with Crippen LogP contribution in [0.25, 0.3) is 0 Å². The molecule has 1 heterocycles. The minimum atomic E-state index is -0.00307. The van der Waals surface area contributed by atoms with Gasteiger partial charge in [-0.15, -0.1) is 0 Å². The molecule has 1 aliphatic heterocycles. The van der Waals surface area contributed by atoms with Crippen molar-refractivity contribution in [3.05, 3.63) is 29.8 Å². The summed E-state index contributed by atoms with van der Waals surface area (Å²) in [6, 6.07) is 7.43. The Hall–Kier alpha value is -1.92. The second-order valence-electron chi connectivity index (χ2n) is 6.81. The van der Waals surface area contributed by atoms with E-state index in [-0.39, 0.29) is 17.9 Å². The molecule has 1 unspecified atom stereocenters. The van der Waals surface area contributed by atoms with Crippen molar-refractivity contribution in [2.24, 2.45) is 0 Å². The number of benzene rings is 1. The summed E-state index contributed by atoms with van der Waals surface area (Å²) in [6.45, 7) is 2.84. The van der Waals surface area contributed by atoms with E-state index in [2.05, 4.69) is 22.6 Å². The molecule has 0 aliphatic carbocycles. The first-order chi connectivity index (χ1) is 12.0. The van der Waals surface area contributed by atoms with Crippen LogP contribution in [-0.2, 0) is 4.79 Å². The molecule has 0 spiro atoms. The van der Waals surface area contributed by atoms with E-state index >= 15 is 0 Å². The fraction of sp³-hybridized carbons (Fsp3) is 0.579. The number of carbonyl (C=O) groups is 2. The maximum Gasteiger partial charge on any atom is 0.253 e. The molecule has 0 radical (unpaired) electrons. The number of carbonyl (C=O) groups excluding carboxylic acids is 2. The lowest BCUT2D eigenvalue weighted by molar-refractivity contribution is -0.116. The Morgan fingerprint density at radius 3 is 2.64 bits per heavy atom. The molecule has 2 rings (SSSR count). The van der Waals surface area contributed by atoms with E-state index in [0.29, 0.717) is 12.0 Å². The standard InChI is InChI=1S/C19H30N4O2/c1-20-12-4-7-18(24)21-16-10-8-15(9-11-16)19(25)23(3)17-6-5-13-22(2)14-17/h8-11,17,20H,4-7,12-14H2,1-3H3,(H,21,24). The lowest BCUT2D eigenvalue weighted by Crippen LogP contribution is -2.47. The highest BCUT2D eigenvalue weighted by Gasteiger charge is 2.25. The van der Waals surface area contributed by atoms with Gasteiger partial charge >= 0.3 is 0 Å². The van der Waals surface area contributed by atoms with Crippen molar-refractivity contribution in [2.45, 2.75) is 31.7 Å². The zero-order valence-electron chi connectivity index (χ0n) is 15.5. The van der Waals surface area contributed by atoms with Gasteiger partial charge in [0, 0.05) is 37.3 Å². The van der Waals surface area contributed by atoms with Crippen LogP contribution in [0.2, 0.25) is 0 Å². The smallest absolute Gasteiger partial charge is 0.253 e. The van der Waals surface area contributed by atoms with Crippen molar-refractivity contribution >= 4 is 17.5 Å². The molecule has 6 heteroatoms. The Kier molecular flexibility index (Phi) is 7.40. The quantitative estimate of drug-likeness (QED) is 0.739. The van der Waals surface area contributed by atoms with Crippen molar-refractivity contribution in [1.82, 2.24) is 15.1 Å². The summed E-state index contributed by atoms with van der Waals surface area (Å²) in [4.78, 5) is 28.6. The number of nitrogens with zero attached hydrogens (tertiary/aromatic N) is 2. The average Bonchev–Trinajstić information content (AvgIpc) is 2.61. The molecule has 1 aliphatic rings. The molecule has 1 aromatic rings. The van der Waals surface area contributed by atoms with Gasteiger partial charge in [-0.25, -0.2) is 0 Å². The van der Waals surface area contributed by atoms with E-state index in [1.54, 1.807) is 24.3 Å². The summed E-state index contributed by atoms with van der Waals surface area (Å²) in [5, 5.41) is 5.89. The molecule has 0 saturated carbocycles. The molecule has 2 N–H and O–H groups in total. The highest BCUT2D eigenvalue weighted by Crippen LogP contribution is 2.17. The van der Waals surface area contributed by atoms with Crippen LogP contribution in [0, 0.1) is 0 Å². The predicted octanol–water partition coefficient (Wildman–Crippen LogP) is 1.79. The lowest BCUT2D eigenvalue weighted by atomic mass is 10.0. The van der Waals surface area contributed by atoms with Gasteiger partial charge in [-0.05, 0) is 70.7 Å². The van der Waals surface area contributed by atoms with E-state index in [9.17, 15) is 9.59 Å². The molecule has 6 nitrogen and oxygen atoms in total. The number of likely N-dealkylation sites (N-methyl/N-ethyl adjacent to an activating group) is 2. The van der Waals surface area contributed by atoms with Crippen LogP contribution >= 0.6 is 0 Å². The molecule has 1 aromatic carbocycles. The van der Waals surface area contributed by atoms with Crippen LogP contribution in [0.5, 0.6) is 0 Å². The minimum Gasteiger partial charge on any atom is -0.337 e. The van der Waals surface area contributed by atoms with E-state index in [4.69, 9.17) is 0 Å². The summed E-state index contributed by atoms with van der Waals surface area (Å²) >= 11 is 0. The Morgan fingerprint density at radius 2 is 2.00 bits per heavy atom. The SMILES string of the molecule is CNCCCC(=O)Nc1ccc(C(=O)N(C)C2CCCN(C)C2)cc1. The van der Waals surface area contributed by atoms with Crippen molar-refractivity contribution in [1.29, 1.82) is 0 Å². The fourth-order valence-electron chi connectivity index (χ4n) is 3.17. The summed E-state index contributed by atoms with van der Waals surface area (Å²) in [6.07, 6.45) is 3.46. The Bertz CT molecular complexity index is 573. The third-order valence-electron chi connectivity index (χ3n) is 4.71. The molecule has 2 amide bonds. The third-order valence-corrected chi connectivity index (χ3v) is 4.71. The number of likely N-dealkylation sites (tertiary alicyclic amines) is 1. The summed E-state index contributed by atoms with van der Waals surface area (Å²) in [5.74, 6) is 0.0314. The molecule has 1 saturated heterocycles. The number of hydrogen-bond donors (Lipinski definition) is 2. The molecule has 0 aromatic heterocycles. The van der Waals surface area contributed by atoms with Gasteiger partial charge in [-0.2, -0.15) is 0 Å². The second-order valence-corrected chi connectivity index (χ2v) is 6.81. The van der Waals surface area contributed by atoms with Crippen LogP contribution in [-0.4, -0.2) is 68.4 Å². The zero-order valence-corrected chi connectivity index (χ0v) is 15.5. The Morgan fingerprint density at radius 1 is 1.28 bits per heavy atom. The minimum absolute atomic E-state index is 0.00307. The van der Waals surface area contributed by atoms with Crippen LogP contribution in [0.1, 0.15) is 36.0 Å². The highest BCUT2D eigenvalue weighted by molar-refractivity contribution is 5.95. The van der Waals surface area contributed by atoms with E-state index in [0.717, 1.165) is 44.6 Å². The maximum absolute atomic E-state index is 12.7. The number of rotatable bonds is 7. The van der Waals surface area contributed by atoms with Crippen LogP contribution < -0.4 is 10.6 Å². The van der Waals surface area contributed by atoms with Crippen molar-refractivity contribution < 1.29 is 9.59 Å². The first-order valence-electron chi connectivity index (χ1n) is 9.01. The topological polar surface area (TPSA) is 64.7 Å². The van der Waals surface area contributed by atoms with Gasteiger partial charge in [-0.3, -0.25) is 9.59 Å². The average molecular weight is 346 g/mol. The fourth-order valence-corrected chi connectivity index (χ4v) is 3.17. The molecule has 138 valence electrons. The number of piperidine rings is 1. The molecule has 0 bridgehead atoms. The second kappa shape index (κ2) is 9.53. The van der Waals surface area contributed by atoms with E-state index in [1.807, 2.05) is 19.0 Å². The van der Waals surface area contributed by atoms with Crippen LogP contribution in [0.3, 0.4) is 0 Å². The van der Waals surface area contributed by atoms with Crippen molar-refractivity contribution in [3.8, 4) is 0 Å². The zero-order chi connectivity index (χ0) is 18.2. The molecule has 1 fully saturated rings. The van der Waals surface area contributed by atoms with Crippen molar-refractivity contribution in [3.63, 3.8) is 0 Å². The van der Waals surface area contributed by atoms with Gasteiger partial charge in [0.15, 0.2) is 0 Å². The van der Waals surface area contributed by atoms with Gasteiger partial charge in [0.1, 0.15) is 0 Å². The van der Waals surface area contributed by atoms with Crippen LogP contribution in [0.4, 0.5) is 5.69 Å². The summed E-state index contributed by atoms with van der Waals surface area (Å²) in [7, 11) is 5.85. The predicted molar refractivity (Wildman–Crippen MR) is 101 cm³/mol. The maximum atomic E-state index is 12.7. The normalized spacial score (nSPS) is 18.0. The monoisotopic (exact) mass is 346 g/mol. The molecule has 25 heavy (non-hydrogen) atoms. The van der Waals surface area contributed by atoms with Gasteiger partial charge in [0.2, 0.25) is 5.91 Å². The number of anilines is 1. The summed E-state index contributed by atoms with van der Waals surface area (Å²) < 4.78 is 0. The molecular weight excluding hydrogens is 316 g/mol. The molecular formula is C19H30N4O2. The summed E-state index contributed by atoms with van der Waals surface area (Å²) in [5.41, 5.74) is 1.38. The van der Waals surface area contributed by atoms with Gasteiger partial charge in [-0.1, -0.05) is 0 Å². The lowest BCUT2D eigenvalue weighted by Gasteiger charge is -2.35. The third kappa shape index (κ3) is 5.83. The Labute approximate surface area is 150 Å². The van der Waals surface area contributed by atoms with Crippen molar-refractivity contribution in [2.75, 3.05) is 46.1 Å². The molecule has 1 atom stereocenters. The van der Waals surface area contributed by atoms with Gasteiger partial charge in [0.25, 0.3) is 5.91 Å². The Balaban J connectivity index is 1.90. The van der Waals surface area contributed by atoms with E-state index in [1.165, 1.54) is 0 Å². The number of amides is 2. The van der Waals surface area contributed by atoms with Gasteiger partial charge in [0.05, 0.1) is 0 Å². The first kappa shape index (κ1) is 19.4. The number of hydrogen-bond acceptors (Lipinski definition) is 4. The van der Waals surface area contributed by atoms with Crippen LogP contribution in [0.15, 0.2) is 24.3 Å².